The summed E-state index contributed by atoms with van der Waals surface area (Å²) in [5, 5.41) is 12.9. The smallest absolute Gasteiger partial charge is 0.328 e. The molecule has 1 amide bonds. The van der Waals surface area contributed by atoms with Crippen molar-refractivity contribution in [1.82, 2.24) is 5.32 Å². The normalized spacial score (nSPS) is 13.5. The minimum atomic E-state index is -1.15. The lowest BCUT2D eigenvalue weighted by Gasteiger charge is -2.19. The van der Waals surface area contributed by atoms with Gasteiger partial charge in [-0.2, -0.15) is 0 Å². The highest BCUT2D eigenvalue weighted by atomic mass is 35.5. The van der Waals surface area contributed by atoms with Gasteiger partial charge in [0.2, 0.25) is 5.91 Å². The molecule has 22 heavy (non-hydrogen) atoms. The Morgan fingerprint density at radius 2 is 2.05 bits per heavy atom. The highest BCUT2D eigenvalue weighted by Gasteiger charge is 2.25. The van der Waals surface area contributed by atoms with E-state index in [9.17, 15) is 14.7 Å². The molecule has 0 saturated carbocycles. The summed E-state index contributed by atoms with van der Waals surface area (Å²) in [6.07, 6.45) is -0.573. The second-order valence-electron chi connectivity index (χ2n) is 5.56. The number of amides is 1. The van der Waals surface area contributed by atoms with Gasteiger partial charge >= 0.3 is 5.97 Å². The van der Waals surface area contributed by atoms with Gasteiger partial charge in [0.15, 0.2) is 0 Å². The molecule has 122 valence electrons. The summed E-state index contributed by atoms with van der Waals surface area (Å²) in [6, 6.07) is 6.15. The molecule has 1 aromatic carbocycles. The standard InChI is InChI=1S/C16H22ClNO4/c1-10(2)7-14(19)15(20)18-13(16(21)22-3)9-11-5-4-6-12(17)8-11/h4-6,8,10,13-14,19H,7,9H2,1-3H3,(H,18,20)/t13-,14+/m1/s1. The van der Waals surface area contributed by atoms with Crippen molar-refractivity contribution in [2.75, 3.05) is 7.11 Å². The molecule has 0 heterocycles. The van der Waals surface area contributed by atoms with E-state index in [-0.39, 0.29) is 12.3 Å². The van der Waals surface area contributed by atoms with E-state index >= 15 is 0 Å². The highest BCUT2D eigenvalue weighted by molar-refractivity contribution is 6.30. The predicted octanol–water partition coefficient (Wildman–Crippen LogP) is 1.95. The number of ether oxygens (including phenoxy) is 1. The number of methoxy groups -OCH3 is 1. The van der Waals surface area contributed by atoms with Crippen molar-refractivity contribution in [2.24, 2.45) is 5.92 Å². The molecule has 2 atom stereocenters. The first-order valence-electron chi connectivity index (χ1n) is 7.14. The maximum Gasteiger partial charge on any atom is 0.328 e. The fourth-order valence-electron chi connectivity index (χ4n) is 2.06. The number of carbonyl (C=O) groups is 2. The molecule has 0 aliphatic carbocycles. The van der Waals surface area contributed by atoms with Crippen LogP contribution in [0.4, 0.5) is 0 Å². The number of esters is 1. The highest BCUT2D eigenvalue weighted by Crippen LogP contribution is 2.13. The zero-order valence-electron chi connectivity index (χ0n) is 13.0. The molecular formula is C16H22ClNO4. The van der Waals surface area contributed by atoms with Crippen LogP contribution in [0.1, 0.15) is 25.8 Å². The Bertz CT molecular complexity index is 519. The molecule has 1 aromatic rings. The van der Waals surface area contributed by atoms with Gasteiger partial charge in [-0.05, 0) is 30.0 Å². The average Bonchev–Trinajstić information content (AvgIpc) is 2.44. The number of rotatable bonds is 7. The van der Waals surface area contributed by atoms with Crippen LogP contribution in [0.25, 0.3) is 0 Å². The Kier molecular flexibility index (Phi) is 7.35. The molecule has 0 unspecified atom stereocenters. The minimum absolute atomic E-state index is 0.172. The largest absolute Gasteiger partial charge is 0.467 e. The van der Waals surface area contributed by atoms with Gasteiger partial charge in [-0.1, -0.05) is 37.6 Å². The van der Waals surface area contributed by atoms with Gasteiger partial charge in [-0.25, -0.2) is 4.79 Å². The van der Waals surface area contributed by atoms with Crippen LogP contribution in [0.3, 0.4) is 0 Å². The second-order valence-corrected chi connectivity index (χ2v) is 6.00. The first-order chi connectivity index (χ1) is 10.3. The van der Waals surface area contributed by atoms with Crippen LogP contribution in [0.15, 0.2) is 24.3 Å². The Morgan fingerprint density at radius 3 is 2.59 bits per heavy atom. The maximum absolute atomic E-state index is 12.0. The van der Waals surface area contributed by atoms with Gasteiger partial charge in [-0.3, -0.25) is 4.79 Å². The van der Waals surface area contributed by atoms with Crippen LogP contribution >= 0.6 is 11.6 Å². The number of carbonyl (C=O) groups excluding carboxylic acids is 2. The fourth-order valence-corrected chi connectivity index (χ4v) is 2.27. The van der Waals surface area contributed by atoms with E-state index < -0.39 is 24.0 Å². The van der Waals surface area contributed by atoms with Crippen molar-refractivity contribution >= 4 is 23.5 Å². The lowest BCUT2D eigenvalue weighted by molar-refractivity contribution is -0.146. The maximum atomic E-state index is 12.0. The third kappa shape index (κ3) is 6.03. The molecule has 0 aliphatic heterocycles. The molecule has 0 spiro atoms. The molecule has 0 fully saturated rings. The van der Waals surface area contributed by atoms with Crippen molar-refractivity contribution < 1.29 is 19.4 Å². The Balaban J connectivity index is 2.77. The van der Waals surface area contributed by atoms with E-state index in [2.05, 4.69) is 5.32 Å². The zero-order chi connectivity index (χ0) is 16.7. The number of nitrogens with one attached hydrogen (secondary N) is 1. The average molecular weight is 328 g/mol. The van der Waals surface area contributed by atoms with Crippen LogP contribution in [0.2, 0.25) is 5.02 Å². The lowest BCUT2D eigenvalue weighted by Crippen LogP contribution is -2.47. The molecule has 0 aliphatic rings. The van der Waals surface area contributed by atoms with Gasteiger partial charge in [0.1, 0.15) is 12.1 Å². The second kappa shape index (κ2) is 8.76. The quantitative estimate of drug-likeness (QED) is 0.751. The van der Waals surface area contributed by atoms with Crippen LogP contribution in [-0.4, -0.2) is 36.2 Å². The van der Waals surface area contributed by atoms with Gasteiger partial charge < -0.3 is 15.2 Å². The van der Waals surface area contributed by atoms with Crippen LogP contribution < -0.4 is 5.32 Å². The SMILES string of the molecule is COC(=O)[C@@H](Cc1cccc(Cl)c1)NC(=O)[C@@H](O)CC(C)C. The van der Waals surface area contributed by atoms with E-state index in [0.717, 1.165) is 5.56 Å². The molecular weight excluding hydrogens is 306 g/mol. The van der Waals surface area contributed by atoms with Crippen molar-refractivity contribution in [3.8, 4) is 0 Å². The summed E-state index contributed by atoms with van der Waals surface area (Å²) in [5.74, 6) is -0.971. The number of aliphatic hydroxyl groups is 1. The molecule has 0 bridgehead atoms. The molecule has 0 aromatic heterocycles. The van der Waals surface area contributed by atoms with E-state index in [4.69, 9.17) is 16.3 Å². The fraction of sp³-hybridized carbons (Fsp3) is 0.500. The lowest BCUT2D eigenvalue weighted by atomic mass is 10.0. The predicted molar refractivity (Wildman–Crippen MR) is 84.6 cm³/mol. The van der Waals surface area contributed by atoms with Gasteiger partial charge in [-0.15, -0.1) is 0 Å². The monoisotopic (exact) mass is 327 g/mol. The first kappa shape index (κ1) is 18.5. The first-order valence-corrected chi connectivity index (χ1v) is 7.52. The molecule has 0 saturated heterocycles. The number of hydrogen-bond acceptors (Lipinski definition) is 4. The number of hydrogen-bond donors (Lipinski definition) is 2. The molecule has 1 rings (SSSR count). The van der Waals surface area contributed by atoms with Gasteiger partial charge in [0.25, 0.3) is 0 Å². The van der Waals surface area contributed by atoms with E-state index in [0.29, 0.717) is 11.4 Å². The molecule has 6 heteroatoms. The Hall–Kier alpha value is -1.59. The summed E-state index contributed by atoms with van der Waals surface area (Å²) in [7, 11) is 1.25. The Morgan fingerprint density at radius 1 is 1.36 bits per heavy atom. The third-order valence-electron chi connectivity index (χ3n) is 3.13. The third-order valence-corrected chi connectivity index (χ3v) is 3.36. The summed E-state index contributed by atoms with van der Waals surface area (Å²) in [4.78, 5) is 23.8. The number of halogens is 1. The van der Waals surface area contributed by atoms with Gasteiger partial charge in [0.05, 0.1) is 7.11 Å². The summed E-state index contributed by atoms with van der Waals surface area (Å²) >= 11 is 5.91. The zero-order valence-corrected chi connectivity index (χ0v) is 13.8. The minimum Gasteiger partial charge on any atom is -0.467 e. The van der Waals surface area contributed by atoms with Crippen LogP contribution in [-0.2, 0) is 20.7 Å². The molecule has 0 radical (unpaired) electrons. The topological polar surface area (TPSA) is 75.6 Å². The van der Waals surface area contributed by atoms with Crippen molar-refractivity contribution in [3.63, 3.8) is 0 Å². The number of aliphatic hydroxyl groups excluding tert-OH is 1. The van der Waals surface area contributed by atoms with Crippen molar-refractivity contribution in [2.45, 2.75) is 38.8 Å². The van der Waals surface area contributed by atoms with Crippen molar-refractivity contribution in [1.29, 1.82) is 0 Å². The molecule has 2 N–H and O–H groups in total. The Labute approximate surface area is 135 Å². The van der Waals surface area contributed by atoms with E-state index in [1.807, 2.05) is 13.8 Å². The summed E-state index contributed by atoms with van der Waals surface area (Å²) in [5.41, 5.74) is 0.793. The molecule has 5 nitrogen and oxygen atoms in total. The van der Waals surface area contributed by atoms with E-state index in [1.54, 1.807) is 24.3 Å². The number of benzene rings is 1. The van der Waals surface area contributed by atoms with Crippen molar-refractivity contribution in [3.05, 3.63) is 34.9 Å². The summed E-state index contributed by atoms with van der Waals surface area (Å²) < 4.78 is 4.71. The van der Waals surface area contributed by atoms with E-state index in [1.165, 1.54) is 7.11 Å². The summed E-state index contributed by atoms with van der Waals surface area (Å²) in [6.45, 7) is 3.81. The van der Waals surface area contributed by atoms with Gasteiger partial charge in [0, 0.05) is 11.4 Å². The van der Waals surface area contributed by atoms with Crippen LogP contribution in [0.5, 0.6) is 0 Å². The van der Waals surface area contributed by atoms with Crippen LogP contribution in [0, 0.1) is 5.92 Å².